The molecule has 0 aliphatic heterocycles. The summed E-state index contributed by atoms with van der Waals surface area (Å²) in [6.45, 7) is 1.63. The van der Waals surface area contributed by atoms with Crippen LogP contribution < -0.4 is 16.4 Å². The van der Waals surface area contributed by atoms with Crippen molar-refractivity contribution in [2.24, 2.45) is 17.1 Å². The summed E-state index contributed by atoms with van der Waals surface area (Å²) in [6.07, 6.45) is 13.1. The van der Waals surface area contributed by atoms with Crippen molar-refractivity contribution in [2.45, 2.75) is 77.0 Å². The number of hydrogen-bond acceptors (Lipinski definition) is 3. The minimum atomic E-state index is 0. The largest absolute Gasteiger partial charge is 0.354 e. The van der Waals surface area contributed by atoms with E-state index in [-0.39, 0.29) is 29.6 Å². The second-order valence-electron chi connectivity index (χ2n) is 7.85. The van der Waals surface area contributed by atoms with Crippen LogP contribution in [0.25, 0.3) is 0 Å². The Morgan fingerprint density at radius 2 is 1.44 bits per heavy atom. The molecule has 146 valence electrons. The van der Waals surface area contributed by atoms with E-state index in [1.165, 1.54) is 51.4 Å². The van der Waals surface area contributed by atoms with Crippen molar-refractivity contribution < 1.29 is 9.59 Å². The van der Waals surface area contributed by atoms with Crippen LogP contribution >= 0.6 is 12.4 Å². The number of rotatable bonds is 8. The second-order valence-corrected chi connectivity index (χ2v) is 7.85. The zero-order chi connectivity index (χ0) is 17.3. The van der Waals surface area contributed by atoms with E-state index in [4.69, 9.17) is 5.73 Å². The van der Waals surface area contributed by atoms with Crippen LogP contribution in [-0.4, -0.2) is 31.4 Å². The van der Waals surface area contributed by atoms with Crippen LogP contribution in [0.4, 0.5) is 0 Å². The van der Waals surface area contributed by atoms with Gasteiger partial charge in [0, 0.05) is 25.9 Å². The van der Waals surface area contributed by atoms with Gasteiger partial charge in [0.25, 0.3) is 0 Å². The molecule has 5 nitrogen and oxygen atoms in total. The molecule has 0 aromatic carbocycles. The molecular weight excluding hydrogens is 338 g/mol. The summed E-state index contributed by atoms with van der Waals surface area (Å²) >= 11 is 0. The van der Waals surface area contributed by atoms with Gasteiger partial charge >= 0.3 is 0 Å². The molecular formula is C19H36ClN3O2. The van der Waals surface area contributed by atoms with E-state index >= 15 is 0 Å². The number of nitrogens with one attached hydrogen (secondary N) is 2. The van der Waals surface area contributed by atoms with Crippen molar-refractivity contribution in [3.63, 3.8) is 0 Å². The lowest BCUT2D eigenvalue weighted by Crippen LogP contribution is -2.41. The highest BCUT2D eigenvalue weighted by Crippen LogP contribution is 2.38. The van der Waals surface area contributed by atoms with Crippen LogP contribution in [-0.2, 0) is 9.59 Å². The van der Waals surface area contributed by atoms with E-state index in [1.54, 1.807) is 0 Å². The molecule has 0 aromatic rings. The van der Waals surface area contributed by atoms with Gasteiger partial charge in [-0.05, 0) is 43.6 Å². The first kappa shape index (κ1) is 22.2. The SMILES string of the molecule is Cl.NCC1(CC(=O)NCCNC(=O)CC2CCCCC2)CCCCC1. The Balaban J connectivity index is 0.00000312. The number of carbonyl (C=O) groups excluding carboxylic acids is 2. The number of halogens is 1. The maximum Gasteiger partial charge on any atom is 0.220 e. The highest BCUT2D eigenvalue weighted by Gasteiger charge is 2.32. The van der Waals surface area contributed by atoms with Gasteiger partial charge in [-0.1, -0.05) is 38.5 Å². The summed E-state index contributed by atoms with van der Waals surface area (Å²) in [5, 5.41) is 5.87. The molecule has 0 saturated heterocycles. The van der Waals surface area contributed by atoms with E-state index < -0.39 is 0 Å². The number of amides is 2. The number of hydrogen-bond donors (Lipinski definition) is 3. The van der Waals surface area contributed by atoms with Gasteiger partial charge in [-0.25, -0.2) is 0 Å². The van der Waals surface area contributed by atoms with Gasteiger partial charge in [-0.15, -0.1) is 12.4 Å². The molecule has 0 aromatic heterocycles. The van der Waals surface area contributed by atoms with Gasteiger partial charge in [-0.2, -0.15) is 0 Å². The molecule has 2 saturated carbocycles. The van der Waals surface area contributed by atoms with Crippen LogP contribution in [0.1, 0.15) is 77.0 Å². The summed E-state index contributed by atoms with van der Waals surface area (Å²) in [7, 11) is 0. The normalized spacial score (nSPS) is 20.4. The molecule has 2 fully saturated rings. The first-order valence-corrected chi connectivity index (χ1v) is 9.87. The van der Waals surface area contributed by atoms with Crippen LogP contribution in [0, 0.1) is 11.3 Å². The molecule has 0 bridgehead atoms. The van der Waals surface area contributed by atoms with Gasteiger partial charge in [0.05, 0.1) is 0 Å². The van der Waals surface area contributed by atoms with Crippen molar-refractivity contribution in [1.29, 1.82) is 0 Å². The van der Waals surface area contributed by atoms with Gasteiger partial charge in [0.1, 0.15) is 0 Å². The zero-order valence-corrected chi connectivity index (χ0v) is 16.3. The van der Waals surface area contributed by atoms with E-state index in [0.717, 1.165) is 12.8 Å². The molecule has 4 N–H and O–H groups in total. The molecule has 0 spiro atoms. The minimum Gasteiger partial charge on any atom is -0.354 e. The molecule has 0 atom stereocenters. The second kappa shape index (κ2) is 11.7. The molecule has 0 heterocycles. The molecule has 2 amide bonds. The highest BCUT2D eigenvalue weighted by atomic mass is 35.5. The Morgan fingerprint density at radius 1 is 0.880 bits per heavy atom. The lowest BCUT2D eigenvalue weighted by Gasteiger charge is -2.35. The van der Waals surface area contributed by atoms with Crippen molar-refractivity contribution in [3.8, 4) is 0 Å². The molecule has 6 heteroatoms. The van der Waals surface area contributed by atoms with Gasteiger partial charge in [-0.3, -0.25) is 9.59 Å². The van der Waals surface area contributed by atoms with E-state index in [2.05, 4.69) is 10.6 Å². The molecule has 25 heavy (non-hydrogen) atoms. The number of carbonyl (C=O) groups is 2. The first-order chi connectivity index (χ1) is 11.6. The maximum absolute atomic E-state index is 12.2. The third-order valence-corrected chi connectivity index (χ3v) is 5.85. The van der Waals surface area contributed by atoms with E-state index in [9.17, 15) is 9.59 Å². The molecule has 0 radical (unpaired) electrons. The van der Waals surface area contributed by atoms with Crippen LogP contribution in [0.3, 0.4) is 0 Å². The van der Waals surface area contributed by atoms with E-state index in [0.29, 0.717) is 38.4 Å². The van der Waals surface area contributed by atoms with Crippen LogP contribution in [0.2, 0.25) is 0 Å². The Kier molecular flexibility index (Phi) is 10.4. The van der Waals surface area contributed by atoms with Crippen molar-refractivity contribution in [2.75, 3.05) is 19.6 Å². The van der Waals surface area contributed by atoms with Crippen molar-refractivity contribution >= 4 is 24.2 Å². The summed E-state index contributed by atoms with van der Waals surface area (Å²) in [5.74, 6) is 0.759. The molecule has 2 rings (SSSR count). The van der Waals surface area contributed by atoms with Gasteiger partial charge in [0.2, 0.25) is 11.8 Å². The van der Waals surface area contributed by atoms with Gasteiger partial charge < -0.3 is 16.4 Å². The number of nitrogens with two attached hydrogens (primary N) is 1. The van der Waals surface area contributed by atoms with Gasteiger partial charge in [0.15, 0.2) is 0 Å². The fraction of sp³-hybridized carbons (Fsp3) is 0.895. The minimum absolute atomic E-state index is 0. The quantitative estimate of drug-likeness (QED) is 0.572. The van der Waals surface area contributed by atoms with E-state index in [1.807, 2.05) is 0 Å². The standard InChI is InChI=1S/C19H35N3O2.ClH/c20-15-19(9-5-2-6-10-19)14-18(24)22-12-11-21-17(23)13-16-7-3-1-4-8-16;/h16H,1-15,20H2,(H,21,23)(H,22,24);1H. The first-order valence-electron chi connectivity index (χ1n) is 9.87. The predicted molar refractivity (Wildman–Crippen MR) is 104 cm³/mol. The molecule has 2 aliphatic rings. The molecule has 0 unspecified atom stereocenters. The monoisotopic (exact) mass is 373 g/mol. The van der Waals surface area contributed by atoms with Crippen LogP contribution in [0.15, 0.2) is 0 Å². The van der Waals surface area contributed by atoms with Crippen molar-refractivity contribution in [1.82, 2.24) is 10.6 Å². The fourth-order valence-electron chi connectivity index (χ4n) is 4.29. The Morgan fingerprint density at radius 3 is 2.04 bits per heavy atom. The Bertz CT molecular complexity index is 405. The summed E-state index contributed by atoms with van der Waals surface area (Å²) in [6, 6.07) is 0. The topological polar surface area (TPSA) is 84.2 Å². The maximum atomic E-state index is 12.2. The lowest BCUT2D eigenvalue weighted by atomic mass is 9.71. The fourth-order valence-corrected chi connectivity index (χ4v) is 4.29. The summed E-state index contributed by atoms with van der Waals surface area (Å²) < 4.78 is 0. The molecule has 2 aliphatic carbocycles. The predicted octanol–water partition coefficient (Wildman–Crippen LogP) is 2.91. The summed E-state index contributed by atoms with van der Waals surface area (Å²) in [4.78, 5) is 24.1. The Hall–Kier alpha value is -0.810. The third kappa shape index (κ3) is 7.95. The lowest BCUT2D eigenvalue weighted by molar-refractivity contribution is -0.125. The van der Waals surface area contributed by atoms with Crippen LogP contribution in [0.5, 0.6) is 0 Å². The third-order valence-electron chi connectivity index (χ3n) is 5.85. The average Bonchev–Trinajstić information content (AvgIpc) is 2.60. The van der Waals surface area contributed by atoms with Crippen molar-refractivity contribution in [3.05, 3.63) is 0 Å². The smallest absolute Gasteiger partial charge is 0.220 e. The highest BCUT2D eigenvalue weighted by molar-refractivity contribution is 5.85. The zero-order valence-electron chi connectivity index (χ0n) is 15.5. The summed E-state index contributed by atoms with van der Waals surface area (Å²) in [5.41, 5.74) is 5.94. The Labute approximate surface area is 158 Å². The average molecular weight is 374 g/mol.